The first kappa shape index (κ1) is 22.8. The summed E-state index contributed by atoms with van der Waals surface area (Å²) in [5.74, 6) is 1.65. The molecule has 0 radical (unpaired) electrons. The van der Waals surface area contributed by atoms with Crippen molar-refractivity contribution in [2.75, 3.05) is 51.2 Å². The van der Waals surface area contributed by atoms with Gasteiger partial charge in [0, 0.05) is 57.2 Å². The number of piperazine rings is 1. The minimum absolute atomic E-state index is 0.297. The third kappa shape index (κ3) is 5.92. The molecule has 0 aromatic carbocycles. The highest BCUT2D eigenvalue weighted by Gasteiger charge is 2.38. The van der Waals surface area contributed by atoms with Gasteiger partial charge in [-0.15, -0.1) is 0 Å². The van der Waals surface area contributed by atoms with Gasteiger partial charge >= 0.3 is 0 Å². The van der Waals surface area contributed by atoms with Crippen molar-refractivity contribution < 1.29 is 0 Å². The van der Waals surface area contributed by atoms with Crippen LogP contribution in [0.25, 0.3) is 0 Å². The topological polar surface area (TPSA) is 35.5 Å². The second-order valence-electron chi connectivity index (χ2n) is 7.25. The van der Waals surface area contributed by atoms with E-state index in [0.717, 1.165) is 25.0 Å². The third-order valence-corrected chi connectivity index (χ3v) is 5.65. The highest BCUT2D eigenvalue weighted by Crippen LogP contribution is 2.34. The van der Waals surface area contributed by atoms with Gasteiger partial charge in [-0.1, -0.05) is 27.7 Å². The molecule has 3 rings (SSSR count). The molecule has 1 aromatic heterocycles. The number of likely N-dealkylation sites (N-methyl/N-ethyl adjacent to an activating group) is 1. The summed E-state index contributed by atoms with van der Waals surface area (Å²) in [5.41, 5.74) is 0.297. The predicted octanol–water partition coefficient (Wildman–Crippen LogP) is 3.77. The number of hydrogen-bond acceptors (Lipinski definition) is 5. The van der Waals surface area contributed by atoms with Crippen LogP contribution in [-0.2, 0) is 0 Å². The Labute approximate surface area is 161 Å². The molecule has 0 unspecified atom stereocenters. The van der Waals surface area contributed by atoms with Crippen LogP contribution in [0.1, 0.15) is 54.4 Å². The second kappa shape index (κ2) is 11.5. The van der Waals surface area contributed by atoms with Crippen LogP contribution in [0.4, 0.5) is 5.95 Å². The predicted molar refractivity (Wildman–Crippen MR) is 113 cm³/mol. The van der Waals surface area contributed by atoms with Crippen LogP contribution in [0, 0.1) is 5.92 Å². The molecule has 2 saturated heterocycles. The van der Waals surface area contributed by atoms with Crippen molar-refractivity contribution in [1.82, 2.24) is 19.8 Å². The molecule has 2 aliphatic rings. The Balaban J connectivity index is 0.000000791. The van der Waals surface area contributed by atoms with Gasteiger partial charge in [-0.25, -0.2) is 9.97 Å². The number of hydrogen-bond donors (Lipinski definition) is 0. The first-order chi connectivity index (χ1) is 12.6. The fourth-order valence-corrected chi connectivity index (χ4v) is 3.88. The van der Waals surface area contributed by atoms with E-state index >= 15 is 0 Å². The minimum atomic E-state index is 0.297. The Kier molecular flexibility index (Phi) is 10.1. The number of aromatic nitrogens is 2. The third-order valence-electron chi connectivity index (χ3n) is 5.65. The molecule has 1 aromatic rings. The Morgan fingerprint density at radius 2 is 1.35 bits per heavy atom. The van der Waals surface area contributed by atoms with Gasteiger partial charge in [0.15, 0.2) is 0 Å². The lowest BCUT2D eigenvalue weighted by Crippen LogP contribution is -2.58. The lowest BCUT2D eigenvalue weighted by Gasteiger charge is -2.49. The summed E-state index contributed by atoms with van der Waals surface area (Å²) < 4.78 is 0. The molecule has 0 amide bonds. The van der Waals surface area contributed by atoms with Crippen molar-refractivity contribution in [3.63, 3.8) is 0 Å². The Bertz CT molecular complexity index is 461. The monoisotopic (exact) mass is 363 g/mol. The highest BCUT2D eigenvalue weighted by atomic mass is 15.3. The van der Waals surface area contributed by atoms with E-state index in [1.165, 1.54) is 39.0 Å². The molecule has 2 fully saturated rings. The van der Waals surface area contributed by atoms with Crippen LogP contribution in [0.5, 0.6) is 0 Å². The molecule has 0 saturated carbocycles. The van der Waals surface area contributed by atoms with Gasteiger partial charge in [0.2, 0.25) is 5.95 Å². The molecule has 150 valence electrons. The fourth-order valence-electron chi connectivity index (χ4n) is 3.88. The quantitative estimate of drug-likeness (QED) is 0.817. The van der Waals surface area contributed by atoms with E-state index in [2.05, 4.69) is 45.6 Å². The van der Waals surface area contributed by atoms with Crippen LogP contribution in [-0.4, -0.2) is 71.6 Å². The highest BCUT2D eigenvalue weighted by molar-refractivity contribution is 5.29. The van der Waals surface area contributed by atoms with E-state index in [4.69, 9.17) is 0 Å². The van der Waals surface area contributed by atoms with Crippen LogP contribution >= 0.6 is 0 Å². The molecule has 26 heavy (non-hydrogen) atoms. The largest absolute Gasteiger partial charge is 0.341 e. The average molecular weight is 364 g/mol. The maximum atomic E-state index is 4.39. The Hall–Kier alpha value is -1.20. The number of rotatable bonds is 3. The van der Waals surface area contributed by atoms with E-state index < -0.39 is 0 Å². The molecule has 5 nitrogen and oxygen atoms in total. The van der Waals surface area contributed by atoms with Gasteiger partial charge in [0.1, 0.15) is 0 Å². The normalized spacial score (nSPS) is 19.9. The van der Waals surface area contributed by atoms with Gasteiger partial charge < -0.3 is 9.80 Å². The van der Waals surface area contributed by atoms with Crippen LogP contribution < -0.4 is 4.90 Å². The summed E-state index contributed by atoms with van der Waals surface area (Å²) in [5, 5.41) is 0. The van der Waals surface area contributed by atoms with Crippen molar-refractivity contribution in [2.24, 2.45) is 5.92 Å². The maximum absolute atomic E-state index is 4.39. The summed E-state index contributed by atoms with van der Waals surface area (Å²) >= 11 is 0. The first-order valence-electron chi connectivity index (χ1n) is 10.5. The molecule has 0 bridgehead atoms. The van der Waals surface area contributed by atoms with Crippen molar-refractivity contribution in [1.29, 1.82) is 0 Å². The molecule has 5 heteroatoms. The van der Waals surface area contributed by atoms with Gasteiger partial charge in [-0.05, 0) is 45.7 Å². The molecule has 3 heterocycles. The van der Waals surface area contributed by atoms with E-state index in [-0.39, 0.29) is 0 Å². The van der Waals surface area contributed by atoms with Crippen molar-refractivity contribution in [2.45, 2.75) is 59.9 Å². The van der Waals surface area contributed by atoms with Crippen molar-refractivity contribution in [3.05, 3.63) is 18.5 Å². The van der Waals surface area contributed by atoms with Crippen LogP contribution in [0.15, 0.2) is 18.5 Å². The van der Waals surface area contributed by atoms with Crippen LogP contribution in [0.3, 0.4) is 0 Å². The van der Waals surface area contributed by atoms with E-state index in [1.54, 1.807) is 0 Å². The molecular weight excluding hydrogens is 322 g/mol. The Morgan fingerprint density at radius 3 is 1.85 bits per heavy atom. The van der Waals surface area contributed by atoms with Crippen molar-refractivity contribution >= 4 is 5.95 Å². The van der Waals surface area contributed by atoms with Crippen molar-refractivity contribution in [3.8, 4) is 0 Å². The number of anilines is 1. The Morgan fingerprint density at radius 1 is 0.846 bits per heavy atom. The summed E-state index contributed by atoms with van der Waals surface area (Å²) in [6.45, 7) is 19.8. The summed E-state index contributed by atoms with van der Waals surface area (Å²) in [6.07, 6.45) is 6.14. The molecule has 0 N–H and O–H groups in total. The fraction of sp³-hybridized carbons (Fsp3) is 0.810. The van der Waals surface area contributed by atoms with Gasteiger partial charge in [-0.3, -0.25) is 4.90 Å². The molecule has 2 aliphatic heterocycles. The maximum Gasteiger partial charge on any atom is 0.225 e. The van der Waals surface area contributed by atoms with Crippen LogP contribution in [0.2, 0.25) is 0 Å². The molecule has 0 spiro atoms. The van der Waals surface area contributed by atoms with E-state index in [9.17, 15) is 0 Å². The lowest BCUT2D eigenvalue weighted by molar-refractivity contribution is 0.0147. The molecular formula is C21H41N5. The smallest absolute Gasteiger partial charge is 0.225 e. The molecule has 0 atom stereocenters. The zero-order valence-corrected chi connectivity index (χ0v) is 18.2. The zero-order chi connectivity index (χ0) is 19.6. The summed E-state index contributed by atoms with van der Waals surface area (Å²) in [6, 6.07) is 1.88. The SMILES string of the molecule is CC.CC.CN1CCN(C(C)(C)C2CCN(c3ncccn3)CC2)CC1. The van der Waals surface area contributed by atoms with Gasteiger partial charge in [0.25, 0.3) is 0 Å². The number of nitrogens with zero attached hydrogens (tertiary/aromatic N) is 5. The minimum Gasteiger partial charge on any atom is -0.341 e. The second-order valence-corrected chi connectivity index (χ2v) is 7.25. The lowest BCUT2D eigenvalue weighted by atomic mass is 9.78. The standard InChI is InChI=1S/C17H29N5.2C2H6/c1-17(2,22-13-11-20(3)12-14-22)15-5-9-21(10-6-15)16-18-7-4-8-19-16;2*1-2/h4,7-8,15H,5-6,9-14H2,1-3H3;2*1-2H3. The average Bonchev–Trinajstić information content (AvgIpc) is 2.72. The van der Waals surface area contributed by atoms with Gasteiger partial charge in [-0.2, -0.15) is 0 Å². The number of piperidine rings is 1. The molecule has 0 aliphatic carbocycles. The summed E-state index contributed by atoms with van der Waals surface area (Å²) in [7, 11) is 2.22. The van der Waals surface area contributed by atoms with E-state index in [0.29, 0.717) is 5.54 Å². The van der Waals surface area contributed by atoms with E-state index in [1.807, 2.05) is 46.2 Å². The zero-order valence-electron chi connectivity index (χ0n) is 18.2. The summed E-state index contributed by atoms with van der Waals surface area (Å²) in [4.78, 5) is 16.2. The van der Waals surface area contributed by atoms with Gasteiger partial charge in [0.05, 0.1) is 0 Å². The first-order valence-corrected chi connectivity index (χ1v) is 10.5.